The Labute approximate surface area is 161 Å². The highest BCUT2D eigenvalue weighted by atomic mass is 32.2. The zero-order valence-corrected chi connectivity index (χ0v) is 16.4. The van der Waals surface area contributed by atoms with Crippen LogP contribution >= 0.6 is 23.1 Å². The number of benzene rings is 2. The van der Waals surface area contributed by atoms with Gasteiger partial charge in [0.05, 0.1) is 16.6 Å². The van der Waals surface area contributed by atoms with E-state index < -0.39 is 0 Å². The third-order valence-corrected chi connectivity index (χ3v) is 6.49. The molecule has 0 unspecified atom stereocenters. The maximum absolute atomic E-state index is 12.5. The Balaban J connectivity index is 1.39. The van der Waals surface area contributed by atoms with Crippen molar-refractivity contribution >= 4 is 44.4 Å². The summed E-state index contributed by atoms with van der Waals surface area (Å²) in [7, 11) is 0. The lowest BCUT2D eigenvalue weighted by Gasteiger charge is -2.34. The Morgan fingerprint density at radius 3 is 2.62 bits per heavy atom. The van der Waals surface area contributed by atoms with Gasteiger partial charge in [0.25, 0.3) is 0 Å². The summed E-state index contributed by atoms with van der Waals surface area (Å²) in [6, 6.07) is 16.4. The van der Waals surface area contributed by atoms with Crippen LogP contribution in [0.25, 0.3) is 10.2 Å². The van der Waals surface area contributed by atoms with Crippen molar-refractivity contribution in [2.75, 3.05) is 37.3 Å². The number of rotatable bonds is 4. The number of thioether (sulfide) groups is 1. The highest BCUT2D eigenvalue weighted by Crippen LogP contribution is 2.32. The fourth-order valence-corrected chi connectivity index (χ4v) is 4.76. The van der Waals surface area contributed by atoms with Crippen LogP contribution in [-0.4, -0.2) is 48.2 Å². The van der Waals surface area contributed by atoms with E-state index in [4.69, 9.17) is 4.98 Å². The van der Waals surface area contributed by atoms with Crippen molar-refractivity contribution in [1.82, 2.24) is 9.88 Å². The number of aromatic nitrogens is 1. The Morgan fingerprint density at radius 1 is 1.12 bits per heavy atom. The summed E-state index contributed by atoms with van der Waals surface area (Å²) in [5.41, 5.74) is 2.14. The average Bonchev–Trinajstić information content (AvgIpc) is 3.12. The third kappa shape index (κ3) is 3.71. The molecule has 0 aliphatic carbocycles. The summed E-state index contributed by atoms with van der Waals surface area (Å²) in [6.45, 7) is 3.21. The molecule has 0 spiro atoms. The number of carbonyl (C=O) groups is 1. The van der Waals surface area contributed by atoms with Gasteiger partial charge in [-0.3, -0.25) is 4.79 Å². The Hall–Kier alpha value is -2.05. The number of thiazole rings is 1. The van der Waals surface area contributed by atoms with E-state index in [9.17, 15) is 4.79 Å². The number of nitrogens with zero attached hydrogens (tertiary/aromatic N) is 3. The third-order valence-electron chi connectivity index (χ3n) is 4.69. The molecule has 0 radical (unpaired) electrons. The quantitative estimate of drug-likeness (QED) is 0.640. The van der Waals surface area contributed by atoms with Crippen LogP contribution in [0.2, 0.25) is 0 Å². The molecule has 6 heteroatoms. The van der Waals surface area contributed by atoms with Crippen LogP contribution in [0.4, 0.5) is 5.13 Å². The van der Waals surface area contributed by atoms with Crippen LogP contribution in [0.1, 0.15) is 5.56 Å². The molecular weight excluding hydrogens is 362 g/mol. The number of hydrogen-bond donors (Lipinski definition) is 0. The van der Waals surface area contributed by atoms with Gasteiger partial charge >= 0.3 is 0 Å². The molecular formula is C20H21N3OS2. The summed E-state index contributed by atoms with van der Waals surface area (Å²) >= 11 is 3.50. The minimum Gasteiger partial charge on any atom is -0.345 e. The predicted octanol–water partition coefficient (Wildman–Crippen LogP) is 3.91. The van der Waals surface area contributed by atoms with Crippen LogP contribution in [-0.2, 0) is 11.2 Å². The summed E-state index contributed by atoms with van der Waals surface area (Å²) < 4.78 is 1.23. The maximum atomic E-state index is 12.5. The van der Waals surface area contributed by atoms with E-state index in [0.717, 1.165) is 42.4 Å². The summed E-state index contributed by atoms with van der Waals surface area (Å²) in [5.74, 6) is 0.213. The molecule has 1 aromatic heterocycles. The van der Waals surface area contributed by atoms with E-state index in [-0.39, 0.29) is 5.91 Å². The lowest BCUT2D eigenvalue weighted by Crippen LogP contribution is -2.49. The van der Waals surface area contributed by atoms with E-state index in [2.05, 4.69) is 29.4 Å². The molecule has 1 saturated heterocycles. The first-order chi connectivity index (χ1) is 12.7. The van der Waals surface area contributed by atoms with E-state index in [1.54, 1.807) is 23.1 Å². The molecule has 26 heavy (non-hydrogen) atoms. The number of piperazine rings is 1. The molecule has 4 rings (SSSR count). The Bertz CT molecular complexity index is 902. The van der Waals surface area contributed by atoms with Gasteiger partial charge in [-0.15, -0.1) is 11.8 Å². The molecule has 3 aromatic rings. The number of carbonyl (C=O) groups excluding carboxylic acids is 1. The zero-order chi connectivity index (χ0) is 17.9. The normalized spacial score (nSPS) is 14.8. The largest absolute Gasteiger partial charge is 0.345 e. The van der Waals surface area contributed by atoms with Crippen LogP contribution in [0.15, 0.2) is 53.4 Å². The zero-order valence-electron chi connectivity index (χ0n) is 14.7. The van der Waals surface area contributed by atoms with Crippen LogP contribution < -0.4 is 4.90 Å². The second-order valence-corrected chi connectivity index (χ2v) is 8.25. The van der Waals surface area contributed by atoms with Gasteiger partial charge in [0.2, 0.25) is 5.91 Å². The molecule has 2 heterocycles. The van der Waals surface area contributed by atoms with Gasteiger partial charge in [-0.25, -0.2) is 4.98 Å². The number of hydrogen-bond acceptors (Lipinski definition) is 5. The first-order valence-electron chi connectivity index (χ1n) is 8.74. The maximum Gasteiger partial charge on any atom is 0.227 e. The van der Waals surface area contributed by atoms with Crippen molar-refractivity contribution in [3.05, 3.63) is 54.1 Å². The van der Waals surface area contributed by atoms with Crippen LogP contribution in [0, 0.1) is 0 Å². The monoisotopic (exact) mass is 383 g/mol. The first-order valence-corrected chi connectivity index (χ1v) is 10.8. The van der Waals surface area contributed by atoms with Gasteiger partial charge in [0.1, 0.15) is 0 Å². The van der Waals surface area contributed by atoms with Gasteiger partial charge in [-0.05, 0) is 30.0 Å². The van der Waals surface area contributed by atoms with Gasteiger partial charge < -0.3 is 9.80 Å². The summed E-state index contributed by atoms with van der Waals surface area (Å²) in [5, 5.41) is 1.06. The molecule has 134 valence electrons. The Morgan fingerprint density at radius 2 is 1.88 bits per heavy atom. The predicted molar refractivity (Wildman–Crippen MR) is 110 cm³/mol. The summed E-state index contributed by atoms with van der Waals surface area (Å²) in [4.78, 5) is 22.8. The molecule has 2 aromatic carbocycles. The SMILES string of the molecule is CSc1ccc2nc(N3CCN(C(=O)Cc4ccccc4)CC3)sc2c1. The van der Waals surface area contributed by atoms with Crippen molar-refractivity contribution in [3.63, 3.8) is 0 Å². The topological polar surface area (TPSA) is 36.4 Å². The van der Waals surface area contributed by atoms with Crippen molar-refractivity contribution in [3.8, 4) is 0 Å². The van der Waals surface area contributed by atoms with Crippen molar-refractivity contribution in [1.29, 1.82) is 0 Å². The fourth-order valence-electron chi connectivity index (χ4n) is 3.18. The molecule has 0 atom stereocenters. The molecule has 1 aliphatic rings. The van der Waals surface area contributed by atoms with Crippen molar-refractivity contribution in [2.45, 2.75) is 11.3 Å². The van der Waals surface area contributed by atoms with Gasteiger partial charge in [0, 0.05) is 31.1 Å². The van der Waals surface area contributed by atoms with E-state index >= 15 is 0 Å². The molecule has 0 saturated carbocycles. The first kappa shape index (κ1) is 17.4. The van der Waals surface area contributed by atoms with E-state index in [1.165, 1.54) is 9.60 Å². The highest BCUT2D eigenvalue weighted by Gasteiger charge is 2.23. The van der Waals surface area contributed by atoms with Gasteiger partial charge in [-0.1, -0.05) is 41.7 Å². The minimum atomic E-state index is 0.213. The minimum absolute atomic E-state index is 0.213. The molecule has 1 amide bonds. The smallest absolute Gasteiger partial charge is 0.227 e. The highest BCUT2D eigenvalue weighted by molar-refractivity contribution is 7.98. The van der Waals surface area contributed by atoms with Crippen LogP contribution in [0.5, 0.6) is 0 Å². The molecule has 0 N–H and O–H groups in total. The molecule has 4 nitrogen and oxygen atoms in total. The Kier molecular flexibility index (Phi) is 5.13. The number of anilines is 1. The van der Waals surface area contributed by atoms with Crippen LogP contribution in [0.3, 0.4) is 0 Å². The molecule has 0 bridgehead atoms. The van der Waals surface area contributed by atoms with Crippen molar-refractivity contribution < 1.29 is 4.79 Å². The fraction of sp³-hybridized carbons (Fsp3) is 0.300. The lowest BCUT2D eigenvalue weighted by molar-refractivity contribution is -0.130. The second kappa shape index (κ2) is 7.68. The van der Waals surface area contributed by atoms with E-state index in [1.807, 2.05) is 35.2 Å². The van der Waals surface area contributed by atoms with Gasteiger partial charge in [-0.2, -0.15) is 0 Å². The molecule has 1 aliphatic heterocycles. The standard InChI is InChI=1S/C20H21N3OS2/c1-25-16-7-8-17-18(14-16)26-20(21-17)23-11-9-22(10-12-23)19(24)13-15-5-3-2-4-6-15/h2-8,14H,9-13H2,1H3. The lowest BCUT2D eigenvalue weighted by atomic mass is 10.1. The second-order valence-electron chi connectivity index (χ2n) is 6.36. The van der Waals surface area contributed by atoms with E-state index in [0.29, 0.717) is 6.42 Å². The number of fused-ring (bicyclic) bond motifs is 1. The summed E-state index contributed by atoms with van der Waals surface area (Å²) in [6.07, 6.45) is 2.58. The average molecular weight is 384 g/mol. The molecule has 1 fully saturated rings. The number of amides is 1. The van der Waals surface area contributed by atoms with Gasteiger partial charge in [0.15, 0.2) is 5.13 Å². The van der Waals surface area contributed by atoms with Crippen molar-refractivity contribution in [2.24, 2.45) is 0 Å².